The van der Waals surface area contributed by atoms with E-state index < -0.39 is 17.7 Å². The highest BCUT2D eigenvalue weighted by Crippen LogP contribution is 2.10. The molecule has 0 N–H and O–H groups in total. The van der Waals surface area contributed by atoms with Crippen LogP contribution in [0.15, 0.2) is 5.10 Å². The van der Waals surface area contributed by atoms with Gasteiger partial charge in [0.1, 0.15) is 5.60 Å². The number of esters is 1. The van der Waals surface area contributed by atoms with Gasteiger partial charge in [0, 0.05) is 7.05 Å². The van der Waals surface area contributed by atoms with Gasteiger partial charge in [0.25, 0.3) is 0 Å². The number of carbonyl (C=O) groups excluding carboxylic acids is 2. The van der Waals surface area contributed by atoms with Gasteiger partial charge in [-0.1, -0.05) is 0 Å². The first-order chi connectivity index (χ1) is 8.21. The fourth-order valence-electron chi connectivity index (χ4n) is 0.863. The van der Waals surface area contributed by atoms with Crippen molar-refractivity contribution >= 4 is 28.9 Å². The van der Waals surface area contributed by atoms with E-state index in [9.17, 15) is 9.59 Å². The quantitative estimate of drug-likeness (QED) is 0.334. The van der Waals surface area contributed by atoms with Gasteiger partial charge in [0.05, 0.1) is 6.61 Å². The third-order valence-corrected chi connectivity index (χ3v) is 2.18. The van der Waals surface area contributed by atoms with Crippen molar-refractivity contribution in [3.8, 4) is 0 Å². The third kappa shape index (κ3) is 6.48. The molecule has 0 unspecified atom stereocenters. The summed E-state index contributed by atoms with van der Waals surface area (Å²) >= 11 is 1.11. The van der Waals surface area contributed by atoms with Crippen molar-refractivity contribution in [3.05, 3.63) is 0 Å². The van der Waals surface area contributed by atoms with Gasteiger partial charge in [-0.2, -0.15) is 5.10 Å². The van der Waals surface area contributed by atoms with Crippen LogP contribution in [0.2, 0.25) is 0 Å². The highest BCUT2D eigenvalue weighted by molar-refractivity contribution is 8.15. The zero-order chi connectivity index (χ0) is 14.3. The minimum absolute atomic E-state index is 0.102. The van der Waals surface area contributed by atoms with E-state index in [4.69, 9.17) is 9.47 Å². The van der Waals surface area contributed by atoms with E-state index in [1.165, 1.54) is 7.05 Å². The summed E-state index contributed by atoms with van der Waals surface area (Å²) in [5.74, 6) is -0.555. The Labute approximate surface area is 112 Å². The molecule has 6 nitrogen and oxygen atoms in total. The molecule has 0 saturated heterocycles. The minimum atomic E-state index is -0.627. The number of nitrogens with zero attached hydrogens (tertiary/aromatic N) is 2. The van der Waals surface area contributed by atoms with E-state index in [1.807, 2.05) is 0 Å². The van der Waals surface area contributed by atoms with E-state index >= 15 is 0 Å². The molecule has 104 valence electrons. The maximum absolute atomic E-state index is 11.6. The van der Waals surface area contributed by atoms with Gasteiger partial charge in [0.15, 0.2) is 0 Å². The van der Waals surface area contributed by atoms with Crippen LogP contribution >= 0.6 is 11.8 Å². The Morgan fingerprint density at radius 3 is 2.28 bits per heavy atom. The summed E-state index contributed by atoms with van der Waals surface area (Å²) in [5, 5.41) is 4.94. The van der Waals surface area contributed by atoms with Crippen LogP contribution < -0.4 is 0 Å². The van der Waals surface area contributed by atoms with Crippen molar-refractivity contribution in [2.24, 2.45) is 5.10 Å². The van der Waals surface area contributed by atoms with Gasteiger partial charge >= 0.3 is 12.1 Å². The predicted molar refractivity (Wildman–Crippen MR) is 71.6 cm³/mol. The van der Waals surface area contributed by atoms with Gasteiger partial charge in [-0.25, -0.2) is 14.6 Å². The summed E-state index contributed by atoms with van der Waals surface area (Å²) in [6.45, 7) is 7.22. The fourth-order valence-corrected chi connectivity index (χ4v) is 1.29. The Kier molecular flexibility index (Phi) is 6.75. The number of carbonyl (C=O) groups is 2. The van der Waals surface area contributed by atoms with Crippen molar-refractivity contribution in [2.45, 2.75) is 33.3 Å². The molecule has 1 amide bonds. The highest BCUT2D eigenvalue weighted by Gasteiger charge is 2.21. The average Bonchev–Trinajstić information content (AvgIpc) is 2.23. The van der Waals surface area contributed by atoms with Crippen LogP contribution in [-0.4, -0.2) is 47.6 Å². The Morgan fingerprint density at radius 2 is 1.89 bits per heavy atom. The first kappa shape index (κ1) is 16.8. The van der Waals surface area contributed by atoms with Crippen LogP contribution in [0.25, 0.3) is 0 Å². The van der Waals surface area contributed by atoms with Crippen molar-refractivity contribution in [3.63, 3.8) is 0 Å². The molecule has 0 atom stereocenters. The molecule has 0 rings (SSSR count). The number of hydrogen-bond acceptors (Lipinski definition) is 6. The van der Waals surface area contributed by atoms with Gasteiger partial charge < -0.3 is 9.47 Å². The van der Waals surface area contributed by atoms with Crippen LogP contribution in [0.4, 0.5) is 4.79 Å². The number of ether oxygens (including phenoxy) is 2. The molecule has 7 heteroatoms. The molecule has 0 fully saturated rings. The van der Waals surface area contributed by atoms with E-state index in [1.54, 1.807) is 34.0 Å². The second kappa shape index (κ2) is 7.25. The molecular formula is C11H20N2O4S. The van der Waals surface area contributed by atoms with E-state index in [2.05, 4.69) is 5.10 Å². The maximum Gasteiger partial charge on any atom is 0.430 e. The first-order valence-corrected chi connectivity index (χ1v) is 6.70. The SMILES string of the molecule is CCOC(=O)C(=NN(C)C(=O)OC(C)(C)C)SC. The molecule has 0 bridgehead atoms. The zero-order valence-electron chi connectivity index (χ0n) is 11.6. The lowest BCUT2D eigenvalue weighted by atomic mass is 10.2. The maximum atomic E-state index is 11.6. The Morgan fingerprint density at radius 1 is 1.33 bits per heavy atom. The smallest absolute Gasteiger partial charge is 0.430 e. The molecule has 0 aliphatic rings. The number of hydrogen-bond donors (Lipinski definition) is 0. The zero-order valence-corrected chi connectivity index (χ0v) is 12.5. The van der Waals surface area contributed by atoms with Crippen molar-refractivity contribution in [1.82, 2.24) is 5.01 Å². The van der Waals surface area contributed by atoms with Crippen molar-refractivity contribution < 1.29 is 19.1 Å². The second-order valence-electron chi connectivity index (χ2n) is 4.33. The molecule has 0 aliphatic carbocycles. The largest absolute Gasteiger partial charge is 0.461 e. The third-order valence-electron chi connectivity index (χ3n) is 1.54. The number of amides is 1. The topological polar surface area (TPSA) is 68.2 Å². The fraction of sp³-hybridized carbons (Fsp3) is 0.727. The first-order valence-electron chi connectivity index (χ1n) is 5.47. The van der Waals surface area contributed by atoms with Gasteiger partial charge in [0.2, 0.25) is 5.04 Å². The van der Waals surface area contributed by atoms with Crippen LogP contribution in [0, 0.1) is 0 Å². The van der Waals surface area contributed by atoms with Crippen LogP contribution in [0.1, 0.15) is 27.7 Å². The average molecular weight is 276 g/mol. The molecule has 0 aromatic heterocycles. The van der Waals surface area contributed by atoms with E-state index in [0.29, 0.717) is 0 Å². The minimum Gasteiger partial charge on any atom is -0.461 e. The lowest BCUT2D eigenvalue weighted by molar-refractivity contribution is -0.134. The molecular weight excluding hydrogens is 256 g/mol. The summed E-state index contributed by atoms with van der Waals surface area (Å²) in [6.07, 6.45) is 1.05. The highest BCUT2D eigenvalue weighted by atomic mass is 32.2. The molecule has 0 aromatic carbocycles. The Hall–Kier alpha value is -1.24. The number of thioether (sulfide) groups is 1. The van der Waals surface area contributed by atoms with Crippen LogP contribution in [0.3, 0.4) is 0 Å². The molecule has 0 spiro atoms. The molecule has 0 radical (unpaired) electrons. The van der Waals surface area contributed by atoms with Crippen molar-refractivity contribution in [1.29, 1.82) is 0 Å². The summed E-state index contributed by atoms with van der Waals surface area (Å²) in [5.41, 5.74) is -0.607. The summed E-state index contributed by atoms with van der Waals surface area (Å²) in [6, 6.07) is 0. The van der Waals surface area contributed by atoms with E-state index in [-0.39, 0.29) is 11.7 Å². The lowest BCUT2D eigenvalue weighted by Crippen LogP contribution is -2.32. The van der Waals surface area contributed by atoms with E-state index in [0.717, 1.165) is 16.8 Å². The number of rotatable bonds is 2. The Balaban J connectivity index is 4.71. The van der Waals surface area contributed by atoms with Crippen LogP contribution in [0.5, 0.6) is 0 Å². The number of hydrazone groups is 1. The molecule has 0 saturated carbocycles. The summed E-state index contributed by atoms with van der Waals surface area (Å²) in [4.78, 5) is 23.1. The summed E-state index contributed by atoms with van der Waals surface area (Å²) < 4.78 is 9.91. The second-order valence-corrected chi connectivity index (χ2v) is 5.13. The molecule has 0 aromatic rings. The molecule has 18 heavy (non-hydrogen) atoms. The predicted octanol–water partition coefficient (Wildman–Crippen LogP) is 2.09. The Bertz CT molecular complexity index is 336. The molecule has 0 heterocycles. The summed E-state index contributed by atoms with van der Waals surface area (Å²) in [7, 11) is 1.42. The lowest BCUT2D eigenvalue weighted by Gasteiger charge is -2.22. The van der Waals surface area contributed by atoms with Crippen LogP contribution in [-0.2, 0) is 14.3 Å². The van der Waals surface area contributed by atoms with Gasteiger partial charge in [-0.3, -0.25) is 0 Å². The van der Waals surface area contributed by atoms with Gasteiger partial charge in [-0.05, 0) is 34.0 Å². The normalized spacial score (nSPS) is 12.0. The van der Waals surface area contributed by atoms with Crippen molar-refractivity contribution in [2.75, 3.05) is 19.9 Å². The van der Waals surface area contributed by atoms with Gasteiger partial charge in [-0.15, -0.1) is 11.8 Å². The molecule has 0 aliphatic heterocycles. The monoisotopic (exact) mass is 276 g/mol. The standard InChI is InChI=1S/C11H20N2O4S/c1-7-16-9(14)8(18-6)12-13(5)10(15)17-11(2,3)4/h7H2,1-6H3.